The fourth-order valence-electron chi connectivity index (χ4n) is 3.27. The van der Waals surface area contributed by atoms with Crippen LogP contribution in [-0.4, -0.2) is 57.6 Å². The number of benzene rings is 2. The van der Waals surface area contributed by atoms with Crippen LogP contribution in [0.5, 0.6) is 5.75 Å². The van der Waals surface area contributed by atoms with Crippen molar-refractivity contribution < 1.29 is 17.9 Å². The molecular formula is C22H28N2O4S. The van der Waals surface area contributed by atoms with Crippen LogP contribution in [0.3, 0.4) is 0 Å². The number of ether oxygens (including phenoxy) is 2. The van der Waals surface area contributed by atoms with Crippen LogP contribution < -0.4 is 4.74 Å². The molecule has 6 nitrogen and oxygen atoms in total. The molecule has 0 spiro atoms. The zero-order valence-electron chi connectivity index (χ0n) is 16.8. The third-order valence-electron chi connectivity index (χ3n) is 4.70. The highest BCUT2D eigenvalue weighted by atomic mass is 32.2. The minimum absolute atomic E-state index is 0.342. The standard InChI is InChI=1S/C22H28N2O4S/c1-3-13-28-21-9-7-19(8-10-21)17-23(2)18-20-5-4-6-22(16-20)29(25,26)24-11-14-27-15-12-24/h3-10,16H,1,11-15,17-18H2,2H3. The van der Waals surface area contributed by atoms with E-state index in [1.165, 1.54) is 4.31 Å². The van der Waals surface area contributed by atoms with E-state index >= 15 is 0 Å². The average molecular weight is 417 g/mol. The zero-order chi connectivity index (χ0) is 20.7. The molecule has 3 rings (SSSR count). The molecule has 0 atom stereocenters. The predicted octanol–water partition coefficient (Wildman–Crippen LogP) is 2.90. The third-order valence-corrected chi connectivity index (χ3v) is 6.60. The van der Waals surface area contributed by atoms with Crippen molar-refractivity contribution in [3.63, 3.8) is 0 Å². The minimum Gasteiger partial charge on any atom is -0.490 e. The Morgan fingerprint density at radius 2 is 1.79 bits per heavy atom. The molecule has 7 heteroatoms. The van der Waals surface area contributed by atoms with Crippen LogP contribution in [-0.2, 0) is 27.8 Å². The lowest BCUT2D eigenvalue weighted by molar-refractivity contribution is 0.0730. The summed E-state index contributed by atoms with van der Waals surface area (Å²) >= 11 is 0. The molecule has 0 aliphatic carbocycles. The fraction of sp³-hybridized carbons (Fsp3) is 0.364. The molecule has 0 bridgehead atoms. The Labute approximate surface area is 173 Å². The monoisotopic (exact) mass is 416 g/mol. The summed E-state index contributed by atoms with van der Waals surface area (Å²) in [6, 6.07) is 15.2. The lowest BCUT2D eigenvalue weighted by Gasteiger charge is -2.26. The minimum atomic E-state index is -3.48. The third kappa shape index (κ3) is 5.90. The molecular weight excluding hydrogens is 388 g/mol. The van der Waals surface area contributed by atoms with Crippen LogP contribution in [0.25, 0.3) is 0 Å². The van der Waals surface area contributed by atoms with Crippen molar-refractivity contribution in [1.29, 1.82) is 0 Å². The molecule has 0 amide bonds. The van der Waals surface area contributed by atoms with Crippen molar-refractivity contribution in [3.8, 4) is 5.75 Å². The van der Waals surface area contributed by atoms with Gasteiger partial charge in [0, 0.05) is 26.2 Å². The molecule has 0 aromatic heterocycles. The van der Waals surface area contributed by atoms with Crippen LogP contribution in [0.15, 0.2) is 66.1 Å². The van der Waals surface area contributed by atoms with Crippen LogP contribution >= 0.6 is 0 Å². The van der Waals surface area contributed by atoms with Gasteiger partial charge in [0.2, 0.25) is 10.0 Å². The second kappa shape index (κ2) is 10.0. The first-order valence-electron chi connectivity index (χ1n) is 9.67. The van der Waals surface area contributed by atoms with E-state index in [0.29, 0.717) is 44.4 Å². The zero-order valence-corrected chi connectivity index (χ0v) is 17.6. The summed E-state index contributed by atoms with van der Waals surface area (Å²) in [6.07, 6.45) is 1.72. The molecule has 1 fully saturated rings. The van der Waals surface area contributed by atoms with E-state index in [1.54, 1.807) is 18.2 Å². The second-order valence-corrected chi connectivity index (χ2v) is 9.02. The quantitative estimate of drug-likeness (QED) is 0.589. The van der Waals surface area contributed by atoms with Gasteiger partial charge in [0.25, 0.3) is 0 Å². The molecule has 2 aromatic carbocycles. The van der Waals surface area contributed by atoms with Gasteiger partial charge in [-0.2, -0.15) is 4.31 Å². The van der Waals surface area contributed by atoms with Crippen molar-refractivity contribution in [2.24, 2.45) is 0 Å². The van der Waals surface area contributed by atoms with E-state index < -0.39 is 10.0 Å². The van der Waals surface area contributed by atoms with Gasteiger partial charge < -0.3 is 9.47 Å². The summed E-state index contributed by atoms with van der Waals surface area (Å²) in [6.45, 7) is 7.23. The van der Waals surface area contributed by atoms with E-state index in [2.05, 4.69) is 11.5 Å². The lowest BCUT2D eigenvalue weighted by atomic mass is 10.2. The van der Waals surface area contributed by atoms with Crippen LogP contribution in [0.4, 0.5) is 0 Å². The highest BCUT2D eigenvalue weighted by Gasteiger charge is 2.26. The number of hydrogen-bond donors (Lipinski definition) is 0. The first-order chi connectivity index (χ1) is 14.0. The first-order valence-corrected chi connectivity index (χ1v) is 11.1. The Morgan fingerprint density at radius 3 is 2.48 bits per heavy atom. The van der Waals surface area contributed by atoms with Gasteiger partial charge in [-0.05, 0) is 42.4 Å². The van der Waals surface area contributed by atoms with Crippen LogP contribution in [0.2, 0.25) is 0 Å². The smallest absolute Gasteiger partial charge is 0.243 e. The van der Waals surface area contributed by atoms with Crippen LogP contribution in [0.1, 0.15) is 11.1 Å². The van der Waals surface area contributed by atoms with Gasteiger partial charge in [-0.15, -0.1) is 0 Å². The maximum Gasteiger partial charge on any atom is 0.243 e. The molecule has 1 aliphatic heterocycles. The van der Waals surface area contributed by atoms with Crippen molar-refractivity contribution in [2.45, 2.75) is 18.0 Å². The number of nitrogens with zero attached hydrogens (tertiary/aromatic N) is 2. The van der Waals surface area contributed by atoms with Gasteiger partial charge in [0.15, 0.2) is 0 Å². The topological polar surface area (TPSA) is 59.1 Å². The molecule has 0 saturated carbocycles. The van der Waals surface area contributed by atoms with Gasteiger partial charge in [0.05, 0.1) is 18.1 Å². The summed E-state index contributed by atoms with van der Waals surface area (Å²) in [5.74, 6) is 0.817. The van der Waals surface area contributed by atoms with Gasteiger partial charge in [-0.3, -0.25) is 4.90 Å². The van der Waals surface area contributed by atoms with E-state index in [9.17, 15) is 8.42 Å². The van der Waals surface area contributed by atoms with E-state index in [-0.39, 0.29) is 0 Å². The maximum atomic E-state index is 12.9. The number of rotatable bonds is 9. The molecule has 156 valence electrons. The Balaban J connectivity index is 1.62. The van der Waals surface area contributed by atoms with Crippen molar-refractivity contribution in [3.05, 3.63) is 72.3 Å². The predicted molar refractivity (Wildman–Crippen MR) is 113 cm³/mol. The Hall–Kier alpha value is -2.19. The normalized spacial score (nSPS) is 15.4. The molecule has 29 heavy (non-hydrogen) atoms. The number of hydrogen-bond acceptors (Lipinski definition) is 5. The summed E-state index contributed by atoms with van der Waals surface area (Å²) in [4.78, 5) is 2.49. The fourth-order valence-corrected chi connectivity index (χ4v) is 4.74. The van der Waals surface area contributed by atoms with Crippen molar-refractivity contribution >= 4 is 10.0 Å². The molecule has 1 heterocycles. The molecule has 1 saturated heterocycles. The Morgan fingerprint density at radius 1 is 1.10 bits per heavy atom. The van der Waals surface area contributed by atoms with E-state index in [0.717, 1.165) is 23.4 Å². The molecule has 0 radical (unpaired) electrons. The maximum absolute atomic E-state index is 12.9. The highest BCUT2D eigenvalue weighted by Crippen LogP contribution is 2.20. The molecule has 2 aromatic rings. The molecule has 1 aliphatic rings. The first kappa shape index (κ1) is 21.5. The SMILES string of the molecule is C=CCOc1ccc(CN(C)Cc2cccc(S(=O)(=O)N3CCOCC3)c2)cc1. The Bertz CT molecular complexity index is 907. The number of sulfonamides is 1. The Kier molecular flexibility index (Phi) is 7.44. The average Bonchev–Trinajstić information content (AvgIpc) is 2.74. The molecule has 0 unspecified atom stereocenters. The van der Waals surface area contributed by atoms with Gasteiger partial charge >= 0.3 is 0 Å². The number of morpholine rings is 1. The van der Waals surface area contributed by atoms with Gasteiger partial charge in [-0.25, -0.2) is 8.42 Å². The van der Waals surface area contributed by atoms with Crippen LogP contribution in [0, 0.1) is 0 Å². The summed E-state index contributed by atoms with van der Waals surface area (Å²) in [5, 5.41) is 0. The second-order valence-electron chi connectivity index (χ2n) is 7.08. The molecule has 0 N–H and O–H groups in total. The summed E-state index contributed by atoms with van der Waals surface area (Å²) < 4.78 is 38.0. The lowest BCUT2D eigenvalue weighted by Crippen LogP contribution is -2.40. The van der Waals surface area contributed by atoms with Crippen molar-refractivity contribution in [2.75, 3.05) is 40.0 Å². The highest BCUT2D eigenvalue weighted by molar-refractivity contribution is 7.89. The van der Waals surface area contributed by atoms with Gasteiger partial charge in [0.1, 0.15) is 12.4 Å². The van der Waals surface area contributed by atoms with E-state index in [4.69, 9.17) is 9.47 Å². The van der Waals surface area contributed by atoms with E-state index in [1.807, 2.05) is 43.4 Å². The summed E-state index contributed by atoms with van der Waals surface area (Å²) in [7, 11) is -1.46. The van der Waals surface area contributed by atoms with Gasteiger partial charge in [-0.1, -0.05) is 36.9 Å². The summed E-state index contributed by atoms with van der Waals surface area (Å²) in [5.41, 5.74) is 2.13. The van der Waals surface area contributed by atoms with Crippen molar-refractivity contribution in [1.82, 2.24) is 9.21 Å². The largest absolute Gasteiger partial charge is 0.490 e.